The molecule has 0 N–H and O–H groups in total. The van der Waals surface area contributed by atoms with E-state index < -0.39 is 0 Å². The second kappa shape index (κ2) is 6.82. The van der Waals surface area contributed by atoms with Crippen molar-refractivity contribution in [2.75, 3.05) is 26.7 Å². The van der Waals surface area contributed by atoms with Crippen molar-refractivity contribution in [3.8, 4) is 0 Å². The van der Waals surface area contributed by atoms with Crippen molar-refractivity contribution < 1.29 is 4.39 Å². The highest BCUT2D eigenvalue weighted by Gasteiger charge is 2.21. The Morgan fingerprint density at radius 2 is 2.05 bits per heavy atom. The number of hydrogen-bond donors (Lipinski definition) is 0. The molecule has 0 atom stereocenters. The molecule has 0 radical (unpaired) electrons. The summed E-state index contributed by atoms with van der Waals surface area (Å²) < 4.78 is 13.8. The molecule has 0 saturated carbocycles. The van der Waals surface area contributed by atoms with Crippen LogP contribution in [0.25, 0.3) is 0 Å². The monoisotopic (exact) mass is 328 g/mol. The molecule has 1 fully saturated rings. The summed E-state index contributed by atoms with van der Waals surface area (Å²) in [7, 11) is 2.17. The zero-order valence-electron chi connectivity index (χ0n) is 11.7. The summed E-state index contributed by atoms with van der Waals surface area (Å²) in [5.41, 5.74) is 1.16. The molecular formula is C15H22BrFN2. The molecule has 0 unspecified atom stereocenters. The number of hydrogen-bond acceptors (Lipinski definition) is 2. The van der Waals surface area contributed by atoms with Gasteiger partial charge in [0.1, 0.15) is 5.82 Å². The lowest BCUT2D eigenvalue weighted by Crippen LogP contribution is -2.42. The van der Waals surface area contributed by atoms with E-state index in [1.165, 1.54) is 32.0 Å². The lowest BCUT2D eigenvalue weighted by Gasteiger charge is -2.36. The van der Waals surface area contributed by atoms with Crippen LogP contribution in [0.2, 0.25) is 0 Å². The fourth-order valence-electron chi connectivity index (χ4n) is 2.73. The molecule has 1 heterocycles. The van der Waals surface area contributed by atoms with Crippen LogP contribution in [0.15, 0.2) is 22.7 Å². The van der Waals surface area contributed by atoms with Gasteiger partial charge in [0.05, 0.1) is 4.47 Å². The number of nitrogens with zero attached hydrogens (tertiary/aromatic N) is 2. The van der Waals surface area contributed by atoms with Gasteiger partial charge in [0.15, 0.2) is 0 Å². The predicted molar refractivity (Wildman–Crippen MR) is 80.7 cm³/mol. The third-order valence-corrected chi connectivity index (χ3v) is 4.65. The largest absolute Gasteiger partial charge is 0.303 e. The quantitative estimate of drug-likeness (QED) is 0.834. The fraction of sp³-hybridized carbons (Fsp3) is 0.600. The first-order valence-electron chi connectivity index (χ1n) is 6.96. The summed E-state index contributed by atoms with van der Waals surface area (Å²) >= 11 is 3.25. The molecule has 0 spiro atoms. The Morgan fingerprint density at radius 3 is 2.63 bits per heavy atom. The normalized spacial score (nSPS) is 18.2. The summed E-state index contributed by atoms with van der Waals surface area (Å²) in [6.45, 7) is 6.65. The third kappa shape index (κ3) is 4.01. The minimum atomic E-state index is -0.192. The number of piperidine rings is 1. The first-order chi connectivity index (χ1) is 9.10. The lowest BCUT2D eigenvalue weighted by atomic mass is 10.0. The first-order valence-corrected chi connectivity index (χ1v) is 7.76. The van der Waals surface area contributed by atoms with Crippen LogP contribution in [0, 0.1) is 5.82 Å². The van der Waals surface area contributed by atoms with Crippen LogP contribution in [0.3, 0.4) is 0 Å². The Balaban J connectivity index is 1.90. The van der Waals surface area contributed by atoms with Gasteiger partial charge in [0.2, 0.25) is 0 Å². The molecule has 1 aromatic rings. The van der Waals surface area contributed by atoms with Gasteiger partial charge in [-0.3, -0.25) is 4.90 Å². The van der Waals surface area contributed by atoms with Gasteiger partial charge >= 0.3 is 0 Å². The van der Waals surface area contributed by atoms with Gasteiger partial charge in [-0.05, 0) is 73.1 Å². The Bertz CT molecular complexity index is 417. The highest BCUT2D eigenvalue weighted by atomic mass is 79.9. The summed E-state index contributed by atoms with van der Waals surface area (Å²) in [5.74, 6) is -0.192. The molecule has 106 valence electrons. The molecule has 19 heavy (non-hydrogen) atoms. The summed E-state index contributed by atoms with van der Waals surface area (Å²) in [6.07, 6.45) is 2.46. The van der Waals surface area contributed by atoms with Gasteiger partial charge in [0, 0.05) is 12.6 Å². The standard InChI is InChI=1S/C15H22BrFN2/c1-3-19-8-6-13(7-9-19)18(2)11-12-4-5-15(17)14(16)10-12/h4-5,10,13H,3,6-9,11H2,1-2H3. The lowest BCUT2D eigenvalue weighted by molar-refractivity contribution is 0.127. The molecule has 4 heteroatoms. The maximum absolute atomic E-state index is 13.2. The number of halogens is 2. The van der Waals surface area contributed by atoms with E-state index in [1.54, 1.807) is 0 Å². The second-order valence-electron chi connectivity index (χ2n) is 5.33. The van der Waals surface area contributed by atoms with Crippen LogP contribution in [0.5, 0.6) is 0 Å². The van der Waals surface area contributed by atoms with Gasteiger partial charge in [0.25, 0.3) is 0 Å². The van der Waals surface area contributed by atoms with Gasteiger partial charge < -0.3 is 4.90 Å². The number of benzene rings is 1. The molecule has 2 nitrogen and oxygen atoms in total. The van der Waals surface area contributed by atoms with E-state index in [2.05, 4.69) is 39.7 Å². The van der Waals surface area contributed by atoms with Crippen molar-refractivity contribution in [3.05, 3.63) is 34.1 Å². The van der Waals surface area contributed by atoms with Crippen molar-refractivity contribution in [3.63, 3.8) is 0 Å². The van der Waals surface area contributed by atoms with Crippen molar-refractivity contribution in [1.82, 2.24) is 9.80 Å². The van der Waals surface area contributed by atoms with Crippen molar-refractivity contribution in [2.45, 2.75) is 32.4 Å². The highest BCUT2D eigenvalue weighted by Crippen LogP contribution is 2.20. The highest BCUT2D eigenvalue weighted by molar-refractivity contribution is 9.10. The Hall–Kier alpha value is -0.450. The van der Waals surface area contributed by atoms with Crippen LogP contribution >= 0.6 is 15.9 Å². The number of likely N-dealkylation sites (tertiary alicyclic amines) is 1. The van der Waals surface area contributed by atoms with Crippen molar-refractivity contribution in [1.29, 1.82) is 0 Å². The van der Waals surface area contributed by atoms with Crippen LogP contribution in [0.1, 0.15) is 25.3 Å². The average Bonchev–Trinajstić information content (AvgIpc) is 2.43. The zero-order chi connectivity index (χ0) is 13.8. The molecule has 1 saturated heterocycles. The van der Waals surface area contributed by atoms with E-state index in [-0.39, 0.29) is 5.82 Å². The van der Waals surface area contributed by atoms with Gasteiger partial charge in [-0.2, -0.15) is 0 Å². The smallest absolute Gasteiger partial charge is 0.137 e. The molecule has 1 aliphatic rings. The van der Waals surface area contributed by atoms with Crippen LogP contribution in [-0.4, -0.2) is 42.5 Å². The Morgan fingerprint density at radius 1 is 1.37 bits per heavy atom. The summed E-state index contributed by atoms with van der Waals surface area (Å²) in [4.78, 5) is 4.89. The van der Waals surface area contributed by atoms with E-state index >= 15 is 0 Å². The predicted octanol–water partition coefficient (Wildman–Crippen LogP) is 3.50. The van der Waals surface area contributed by atoms with E-state index in [0.29, 0.717) is 10.5 Å². The van der Waals surface area contributed by atoms with Crippen LogP contribution in [0.4, 0.5) is 4.39 Å². The van der Waals surface area contributed by atoms with Crippen LogP contribution in [-0.2, 0) is 6.54 Å². The molecule has 0 bridgehead atoms. The maximum Gasteiger partial charge on any atom is 0.137 e. The maximum atomic E-state index is 13.2. The summed E-state index contributed by atoms with van der Waals surface area (Å²) in [5, 5.41) is 0. The Labute approximate surface area is 123 Å². The fourth-order valence-corrected chi connectivity index (χ4v) is 3.16. The minimum absolute atomic E-state index is 0.192. The van der Waals surface area contributed by atoms with E-state index in [9.17, 15) is 4.39 Å². The summed E-state index contributed by atoms with van der Waals surface area (Å²) in [6, 6.07) is 5.93. The molecular weight excluding hydrogens is 307 g/mol. The van der Waals surface area contributed by atoms with E-state index in [1.807, 2.05) is 12.1 Å². The molecule has 0 aliphatic carbocycles. The molecule has 0 aromatic heterocycles. The Kier molecular flexibility index (Phi) is 5.37. The van der Waals surface area contributed by atoms with Crippen molar-refractivity contribution in [2.24, 2.45) is 0 Å². The van der Waals surface area contributed by atoms with Gasteiger partial charge in [-0.15, -0.1) is 0 Å². The zero-order valence-corrected chi connectivity index (χ0v) is 13.3. The van der Waals surface area contributed by atoms with Crippen molar-refractivity contribution >= 4 is 15.9 Å². The molecule has 1 aliphatic heterocycles. The molecule has 2 rings (SSSR count). The SMILES string of the molecule is CCN1CCC(N(C)Cc2ccc(F)c(Br)c2)CC1. The topological polar surface area (TPSA) is 6.48 Å². The first kappa shape index (κ1) is 14.9. The molecule has 1 aromatic carbocycles. The molecule has 0 amide bonds. The second-order valence-corrected chi connectivity index (χ2v) is 6.18. The average molecular weight is 329 g/mol. The van der Waals surface area contributed by atoms with Crippen LogP contribution < -0.4 is 0 Å². The minimum Gasteiger partial charge on any atom is -0.303 e. The number of rotatable bonds is 4. The van der Waals surface area contributed by atoms with Gasteiger partial charge in [-0.1, -0.05) is 13.0 Å². The third-order valence-electron chi connectivity index (χ3n) is 4.04. The van der Waals surface area contributed by atoms with E-state index in [4.69, 9.17) is 0 Å². The van der Waals surface area contributed by atoms with E-state index in [0.717, 1.165) is 18.7 Å². The van der Waals surface area contributed by atoms with Gasteiger partial charge in [-0.25, -0.2) is 4.39 Å².